The lowest BCUT2D eigenvalue weighted by Gasteiger charge is -2.49. The van der Waals surface area contributed by atoms with Gasteiger partial charge < -0.3 is 16.0 Å². The first-order valence-corrected chi connectivity index (χ1v) is 11.3. The summed E-state index contributed by atoms with van der Waals surface area (Å²) in [5, 5.41) is 21.9. The summed E-state index contributed by atoms with van der Waals surface area (Å²) in [4.78, 5) is 10.1. The van der Waals surface area contributed by atoms with Crippen molar-refractivity contribution in [3.05, 3.63) is 41.0 Å². The van der Waals surface area contributed by atoms with Gasteiger partial charge in [-0.15, -0.1) is 0 Å². The van der Waals surface area contributed by atoms with Gasteiger partial charge in [0.1, 0.15) is 5.04 Å². The van der Waals surface area contributed by atoms with E-state index in [1.165, 1.54) is 0 Å². The molecule has 2 aromatic rings. The highest BCUT2D eigenvalue weighted by molar-refractivity contribution is 8.26. The van der Waals surface area contributed by atoms with E-state index in [4.69, 9.17) is 28.2 Å². The van der Waals surface area contributed by atoms with Crippen LogP contribution >= 0.6 is 23.4 Å². The van der Waals surface area contributed by atoms with Gasteiger partial charge in [0.2, 0.25) is 5.95 Å². The molecule has 0 atom stereocenters. The monoisotopic (exact) mass is 459 g/mol. The van der Waals surface area contributed by atoms with E-state index in [0.717, 1.165) is 30.2 Å². The topological polar surface area (TPSA) is 115 Å². The van der Waals surface area contributed by atoms with Crippen molar-refractivity contribution in [2.75, 3.05) is 12.8 Å². The Labute approximate surface area is 193 Å². The molecule has 9 heteroatoms. The molecular formula is C22H30ClN7S. The molecule has 0 spiro atoms. The van der Waals surface area contributed by atoms with Gasteiger partial charge in [0, 0.05) is 41.5 Å². The number of nitrogens with two attached hydrogens (primary N) is 1. The minimum atomic E-state index is -0.0177. The van der Waals surface area contributed by atoms with Crippen LogP contribution < -0.4 is 11.1 Å². The van der Waals surface area contributed by atoms with E-state index in [-0.39, 0.29) is 28.1 Å². The summed E-state index contributed by atoms with van der Waals surface area (Å²) in [6, 6.07) is 7.36. The Hall–Kier alpha value is -2.16. The lowest BCUT2D eigenvalue weighted by Crippen LogP contribution is -2.62. The van der Waals surface area contributed by atoms with Crippen LogP contribution in [-0.4, -0.2) is 49.2 Å². The van der Waals surface area contributed by atoms with Crippen molar-refractivity contribution in [1.29, 1.82) is 10.8 Å². The third-order valence-electron chi connectivity index (χ3n) is 5.42. The molecule has 1 aliphatic heterocycles. The quantitative estimate of drug-likeness (QED) is 0.393. The Morgan fingerprint density at radius 1 is 1.19 bits per heavy atom. The number of thioether (sulfide) groups is 1. The molecule has 1 fully saturated rings. The first-order valence-electron chi connectivity index (χ1n) is 10.1. The maximum absolute atomic E-state index is 8.63. The molecule has 1 aliphatic rings. The van der Waals surface area contributed by atoms with Crippen molar-refractivity contribution in [2.45, 2.75) is 57.7 Å². The van der Waals surface area contributed by atoms with E-state index < -0.39 is 0 Å². The van der Waals surface area contributed by atoms with Crippen LogP contribution in [0.5, 0.6) is 0 Å². The van der Waals surface area contributed by atoms with Crippen molar-refractivity contribution >= 4 is 39.5 Å². The molecule has 2 heterocycles. The fourth-order valence-corrected chi connectivity index (χ4v) is 5.36. The molecule has 7 nitrogen and oxygen atoms in total. The normalized spacial score (nSPS) is 17.9. The number of hydrogen-bond acceptors (Lipinski definition) is 7. The van der Waals surface area contributed by atoms with Crippen LogP contribution in [0.4, 0.5) is 5.95 Å². The van der Waals surface area contributed by atoms with Crippen molar-refractivity contribution in [2.24, 2.45) is 0 Å². The van der Waals surface area contributed by atoms with Gasteiger partial charge in [0.15, 0.2) is 5.17 Å². The second kappa shape index (κ2) is 8.76. The molecule has 166 valence electrons. The van der Waals surface area contributed by atoms with E-state index >= 15 is 0 Å². The molecule has 0 amide bonds. The number of anilines is 1. The van der Waals surface area contributed by atoms with Gasteiger partial charge in [-0.2, -0.15) is 0 Å². The number of nitrogens with one attached hydrogen (secondary N) is 3. The number of piperidine rings is 1. The minimum Gasteiger partial charge on any atom is -0.368 e. The van der Waals surface area contributed by atoms with E-state index in [1.54, 1.807) is 18.3 Å². The zero-order chi connectivity index (χ0) is 23.0. The molecular weight excluding hydrogens is 430 g/mol. The Morgan fingerprint density at radius 2 is 1.84 bits per heavy atom. The number of rotatable bonds is 3. The molecule has 0 bridgehead atoms. The number of aromatic nitrogens is 2. The fraction of sp³-hybridized carbons (Fsp3) is 0.455. The van der Waals surface area contributed by atoms with Crippen LogP contribution in [0.15, 0.2) is 30.5 Å². The van der Waals surface area contributed by atoms with Gasteiger partial charge in [-0.3, -0.25) is 10.8 Å². The molecule has 0 saturated carbocycles. The summed E-state index contributed by atoms with van der Waals surface area (Å²) in [6.07, 6.45) is 3.45. The molecule has 0 unspecified atom stereocenters. The average Bonchev–Trinajstić information content (AvgIpc) is 2.65. The van der Waals surface area contributed by atoms with Gasteiger partial charge in [0.25, 0.3) is 0 Å². The van der Waals surface area contributed by atoms with E-state index in [1.807, 2.05) is 24.1 Å². The predicted octanol–water partition coefficient (Wildman–Crippen LogP) is 4.61. The van der Waals surface area contributed by atoms with Crippen LogP contribution in [0.2, 0.25) is 5.02 Å². The maximum atomic E-state index is 8.63. The molecule has 3 rings (SSSR count). The van der Waals surface area contributed by atoms with Crippen molar-refractivity contribution in [3.63, 3.8) is 0 Å². The second-order valence-electron chi connectivity index (χ2n) is 9.30. The zero-order valence-corrected chi connectivity index (χ0v) is 20.2. The van der Waals surface area contributed by atoms with E-state index in [9.17, 15) is 0 Å². The molecule has 31 heavy (non-hydrogen) atoms. The highest BCUT2D eigenvalue weighted by Crippen LogP contribution is 2.33. The summed E-state index contributed by atoms with van der Waals surface area (Å²) in [5.41, 5.74) is 7.68. The van der Waals surface area contributed by atoms with Gasteiger partial charge >= 0.3 is 0 Å². The third kappa shape index (κ3) is 5.75. The van der Waals surface area contributed by atoms with E-state index in [0.29, 0.717) is 21.4 Å². The maximum Gasteiger partial charge on any atom is 0.220 e. The second-order valence-corrected chi connectivity index (χ2v) is 10.7. The molecule has 1 aromatic heterocycles. The van der Waals surface area contributed by atoms with Gasteiger partial charge in [0.05, 0.1) is 10.7 Å². The Balaban J connectivity index is 1.76. The summed E-state index contributed by atoms with van der Waals surface area (Å²) in [7, 11) is 1.94. The van der Waals surface area contributed by atoms with Crippen LogP contribution in [-0.2, 0) is 0 Å². The summed E-state index contributed by atoms with van der Waals surface area (Å²) in [5.74, 6) is 0.190. The Morgan fingerprint density at radius 3 is 2.45 bits per heavy atom. The standard InChI is InChI=1S/C22H30ClN7S/c1-21(2)11-14(12-22(3,4)29-21)30(5)20(26)31-18(24)15-10-13(6-7-16(15)23)17-8-9-27-19(25)28-17/h6-10,14,24,26,29H,11-12H2,1-5H3,(H2,25,27,28). The molecule has 0 aliphatic carbocycles. The summed E-state index contributed by atoms with van der Waals surface area (Å²) < 4.78 is 0. The Bertz CT molecular complexity index is 989. The summed E-state index contributed by atoms with van der Waals surface area (Å²) >= 11 is 7.50. The van der Waals surface area contributed by atoms with Crippen LogP contribution in [0.25, 0.3) is 11.3 Å². The molecule has 5 N–H and O–H groups in total. The van der Waals surface area contributed by atoms with Gasteiger partial charge in [-0.05, 0) is 70.5 Å². The number of benzene rings is 1. The largest absolute Gasteiger partial charge is 0.368 e. The first kappa shape index (κ1) is 23.5. The van der Waals surface area contributed by atoms with Crippen molar-refractivity contribution in [3.8, 4) is 11.3 Å². The lowest BCUT2D eigenvalue weighted by atomic mass is 9.79. The number of nitrogen functional groups attached to an aromatic ring is 1. The van der Waals surface area contributed by atoms with Gasteiger partial charge in [-0.25, -0.2) is 9.97 Å². The molecule has 1 saturated heterocycles. The first-order chi connectivity index (χ1) is 14.4. The number of nitrogens with zero attached hydrogens (tertiary/aromatic N) is 3. The molecule has 0 radical (unpaired) electrons. The minimum absolute atomic E-state index is 0.0177. The third-order valence-corrected chi connectivity index (χ3v) is 6.65. The zero-order valence-electron chi connectivity index (χ0n) is 18.6. The van der Waals surface area contributed by atoms with Crippen LogP contribution in [0.3, 0.4) is 0 Å². The van der Waals surface area contributed by atoms with Crippen LogP contribution in [0.1, 0.15) is 46.1 Å². The average molecular weight is 460 g/mol. The Kier molecular flexibility index (Phi) is 6.64. The fourth-order valence-electron chi connectivity index (χ4n) is 4.32. The lowest BCUT2D eigenvalue weighted by molar-refractivity contribution is 0.114. The van der Waals surface area contributed by atoms with E-state index in [2.05, 4.69) is 43.0 Å². The molecule has 1 aromatic carbocycles. The summed E-state index contributed by atoms with van der Waals surface area (Å²) in [6.45, 7) is 8.77. The number of hydrogen-bond donors (Lipinski definition) is 4. The predicted molar refractivity (Wildman–Crippen MR) is 131 cm³/mol. The van der Waals surface area contributed by atoms with Crippen molar-refractivity contribution < 1.29 is 0 Å². The van der Waals surface area contributed by atoms with Crippen LogP contribution in [0, 0.1) is 10.8 Å². The highest BCUT2D eigenvalue weighted by Gasteiger charge is 2.39. The van der Waals surface area contributed by atoms with Crippen molar-refractivity contribution in [1.82, 2.24) is 20.2 Å². The number of halogens is 1. The SMILES string of the molecule is CN(C(=N)SC(=N)c1cc(-c2ccnc(N)n2)ccc1Cl)C1CC(C)(C)NC(C)(C)C1. The highest BCUT2D eigenvalue weighted by atomic mass is 35.5. The number of amidine groups is 1. The smallest absolute Gasteiger partial charge is 0.220 e. The van der Waals surface area contributed by atoms with Gasteiger partial charge in [-0.1, -0.05) is 17.7 Å².